The third-order valence-corrected chi connectivity index (χ3v) is 4.79. The number of rotatable bonds is 6. The molecule has 8 heteroatoms. The van der Waals surface area contributed by atoms with Crippen molar-refractivity contribution in [2.75, 3.05) is 26.6 Å². The molecule has 2 aromatic carbocycles. The third-order valence-electron chi connectivity index (χ3n) is 4.57. The number of allylic oxidation sites excluding steroid dienone is 1. The van der Waals surface area contributed by atoms with Crippen LogP contribution >= 0.6 is 12.2 Å². The van der Waals surface area contributed by atoms with Crippen molar-refractivity contribution in [1.82, 2.24) is 10.6 Å². The topological polar surface area (TPSA) is 80.9 Å². The van der Waals surface area contributed by atoms with Crippen molar-refractivity contribution in [3.8, 4) is 17.2 Å². The number of anilines is 1. The lowest BCUT2D eigenvalue weighted by molar-refractivity contribution is -0.113. The average molecular weight is 413 g/mol. The summed E-state index contributed by atoms with van der Waals surface area (Å²) in [5.41, 5.74) is 2.63. The third kappa shape index (κ3) is 4.27. The molecule has 0 radical (unpaired) electrons. The number of thiocarbonyl (C=S) groups is 1. The Labute approximate surface area is 175 Å². The standard InChI is InChI=1S/C21H23N3O4S/c1-12-17(20(25)23-14-8-6-5-7-9-14)18(24-21(29)22-12)13-10-15(26-2)19(28-4)16(11-13)27-3/h5-11,18H,1-4H3,(H,23,25)(H2,22,24,29). The van der Waals surface area contributed by atoms with Gasteiger partial charge in [-0.05, 0) is 49.0 Å². The Hall–Kier alpha value is -3.26. The van der Waals surface area contributed by atoms with E-state index in [0.29, 0.717) is 39.3 Å². The molecule has 2 aromatic rings. The number of hydrogen-bond donors (Lipinski definition) is 3. The number of methoxy groups -OCH3 is 3. The molecular formula is C21H23N3O4S. The van der Waals surface area contributed by atoms with E-state index in [1.54, 1.807) is 33.5 Å². The van der Waals surface area contributed by atoms with Crippen molar-refractivity contribution < 1.29 is 19.0 Å². The predicted octanol–water partition coefficient (Wildman–Crippen LogP) is 3.14. The van der Waals surface area contributed by atoms with Gasteiger partial charge in [0.15, 0.2) is 16.6 Å². The first-order valence-electron chi connectivity index (χ1n) is 8.93. The minimum Gasteiger partial charge on any atom is -0.493 e. The number of benzene rings is 2. The van der Waals surface area contributed by atoms with Crippen molar-refractivity contribution in [1.29, 1.82) is 0 Å². The quantitative estimate of drug-likeness (QED) is 0.628. The van der Waals surface area contributed by atoms with E-state index in [1.807, 2.05) is 37.3 Å². The summed E-state index contributed by atoms with van der Waals surface area (Å²) in [6.07, 6.45) is 0. The molecule has 3 rings (SSSR count). The lowest BCUT2D eigenvalue weighted by Gasteiger charge is -2.31. The van der Waals surface area contributed by atoms with Crippen LogP contribution in [0.3, 0.4) is 0 Å². The Morgan fingerprint density at radius 2 is 1.66 bits per heavy atom. The van der Waals surface area contributed by atoms with Gasteiger partial charge in [-0.2, -0.15) is 0 Å². The van der Waals surface area contributed by atoms with E-state index < -0.39 is 6.04 Å². The van der Waals surface area contributed by atoms with Gasteiger partial charge in [0.1, 0.15) is 0 Å². The molecule has 3 N–H and O–H groups in total. The summed E-state index contributed by atoms with van der Waals surface area (Å²) in [6, 6.07) is 12.4. The van der Waals surface area contributed by atoms with Gasteiger partial charge in [0, 0.05) is 11.4 Å². The summed E-state index contributed by atoms with van der Waals surface area (Å²) >= 11 is 5.32. The van der Waals surface area contributed by atoms with Gasteiger partial charge in [-0.25, -0.2) is 0 Å². The molecular weight excluding hydrogens is 390 g/mol. The zero-order valence-electron chi connectivity index (χ0n) is 16.7. The van der Waals surface area contributed by atoms with Crippen LogP contribution in [0.25, 0.3) is 0 Å². The monoisotopic (exact) mass is 413 g/mol. The van der Waals surface area contributed by atoms with Gasteiger partial charge in [0.25, 0.3) is 5.91 Å². The lowest BCUT2D eigenvalue weighted by atomic mass is 9.94. The van der Waals surface area contributed by atoms with Gasteiger partial charge >= 0.3 is 0 Å². The summed E-state index contributed by atoms with van der Waals surface area (Å²) in [6.45, 7) is 1.82. The second kappa shape index (κ2) is 8.83. The number of para-hydroxylation sites is 1. The molecule has 1 unspecified atom stereocenters. The number of amides is 1. The largest absolute Gasteiger partial charge is 0.493 e. The van der Waals surface area contributed by atoms with Crippen LogP contribution in [0.5, 0.6) is 17.2 Å². The van der Waals surface area contributed by atoms with Crippen LogP contribution in [0.15, 0.2) is 53.7 Å². The van der Waals surface area contributed by atoms with Crippen molar-refractivity contribution in [3.63, 3.8) is 0 Å². The SMILES string of the molecule is COc1cc(C2NC(=S)NC(C)=C2C(=O)Nc2ccccc2)cc(OC)c1OC. The molecule has 7 nitrogen and oxygen atoms in total. The van der Waals surface area contributed by atoms with E-state index in [-0.39, 0.29) is 5.91 Å². The minimum atomic E-state index is -0.499. The lowest BCUT2D eigenvalue weighted by Crippen LogP contribution is -2.45. The van der Waals surface area contributed by atoms with Crippen molar-refractivity contribution in [3.05, 3.63) is 59.3 Å². The van der Waals surface area contributed by atoms with Gasteiger partial charge in [0.05, 0.1) is 32.9 Å². The number of hydrogen-bond acceptors (Lipinski definition) is 5. The van der Waals surface area contributed by atoms with Crippen molar-refractivity contribution in [2.24, 2.45) is 0 Å². The Morgan fingerprint density at radius 3 is 2.21 bits per heavy atom. The van der Waals surface area contributed by atoms with Crippen molar-refractivity contribution >= 4 is 28.9 Å². The Bertz CT molecular complexity index is 935. The first-order chi connectivity index (χ1) is 14.0. The fraction of sp³-hybridized carbons (Fsp3) is 0.238. The Kier molecular flexibility index (Phi) is 6.23. The number of nitrogens with one attached hydrogen (secondary N) is 3. The van der Waals surface area contributed by atoms with E-state index >= 15 is 0 Å². The van der Waals surface area contributed by atoms with Crippen LogP contribution in [-0.2, 0) is 4.79 Å². The molecule has 0 aliphatic carbocycles. The molecule has 0 spiro atoms. The molecule has 29 heavy (non-hydrogen) atoms. The summed E-state index contributed by atoms with van der Waals surface area (Å²) in [5.74, 6) is 1.23. The number of ether oxygens (including phenoxy) is 3. The molecule has 0 fully saturated rings. The number of carbonyl (C=O) groups is 1. The first kappa shape index (κ1) is 20.5. The molecule has 1 aliphatic rings. The fourth-order valence-electron chi connectivity index (χ4n) is 3.23. The average Bonchev–Trinajstić information content (AvgIpc) is 2.72. The van der Waals surface area contributed by atoms with E-state index in [1.165, 1.54) is 0 Å². The van der Waals surface area contributed by atoms with Gasteiger partial charge < -0.3 is 30.2 Å². The number of carbonyl (C=O) groups excluding carboxylic acids is 1. The molecule has 152 valence electrons. The zero-order valence-corrected chi connectivity index (χ0v) is 17.5. The maximum absolute atomic E-state index is 13.1. The second-order valence-electron chi connectivity index (χ2n) is 6.35. The molecule has 0 bridgehead atoms. The van der Waals surface area contributed by atoms with E-state index in [0.717, 1.165) is 5.56 Å². The van der Waals surface area contributed by atoms with Gasteiger partial charge in [-0.15, -0.1) is 0 Å². The van der Waals surface area contributed by atoms with Crippen LogP contribution < -0.4 is 30.2 Å². The van der Waals surface area contributed by atoms with Crippen LogP contribution in [0.4, 0.5) is 5.69 Å². The summed E-state index contributed by atoms with van der Waals surface area (Å²) in [4.78, 5) is 13.1. The minimum absolute atomic E-state index is 0.241. The first-order valence-corrected chi connectivity index (χ1v) is 9.34. The van der Waals surface area contributed by atoms with Crippen LogP contribution in [0.2, 0.25) is 0 Å². The summed E-state index contributed by atoms with van der Waals surface area (Å²) < 4.78 is 16.3. The zero-order chi connectivity index (χ0) is 21.0. The van der Waals surface area contributed by atoms with Crippen LogP contribution in [0.1, 0.15) is 18.5 Å². The van der Waals surface area contributed by atoms with Crippen LogP contribution in [-0.4, -0.2) is 32.3 Å². The molecule has 0 saturated heterocycles. The van der Waals surface area contributed by atoms with Crippen LogP contribution in [0, 0.1) is 0 Å². The van der Waals surface area contributed by atoms with E-state index in [9.17, 15) is 4.79 Å². The highest BCUT2D eigenvalue weighted by molar-refractivity contribution is 7.80. The van der Waals surface area contributed by atoms with E-state index in [4.69, 9.17) is 26.4 Å². The highest BCUT2D eigenvalue weighted by atomic mass is 32.1. The van der Waals surface area contributed by atoms with Crippen molar-refractivity contribution in [2.45, 2.75) is 13.0 Å². The Morgan fingerprint density at radius 1 is 1.03 bits per heavy atom. The molecule has 1 amide bonds. The second-order valence-corrected chi connectivity index (χ2v) is 6.76. The maximum atomic E-state index is 13.1. The van der Waals surface area contributed by atoms with Gasteiger partial charge in [-0.3, -0.25) is 4.79 Å². The molecule has 0 saturated carbocycles. The summed E-state index contributed by atoms with van der Waals surface area (Å²) in [7, 11) is 4.64. The smallest absolute Gasteiger partial charge is 0.255 e. The molecule has 1 heterocycles. The Balaban J connectivity index is 2.05. The molecule has 1 aliphatic heterocycles. The highest BCUT2D eigenvalue weighted by Crippen LogP contribution is 2.41. The van der Waals surface area contributed by atoms with E-state index in [2.05, 4.69) is 16.0 Å². The highest BCUT2D eigenvalue weighted by Gasteiger charge is 2.31. The fourth-order valence-corrected chi connectivity index (χ4v) is 3.50. The molecule has 1 atom stereocenters. The van der Waals surface area contributed by atoms with Gasteiger partial charge in [-0.1, -0.05) is 18.2 Å². The predicted molar refractivity (Wildman–Crippen MR) is 115 cm³/mol. The van der Waals surface area contributed by atoms with Gasteiger partial charge in [0.2, 0.25) is 5.75 Å². The molecule has 0 aromatic heterocycles. The normalized spacial score (nSPS) is 15.9. The maximum Gasteiger partial charge on any atom is 0.255 e. The summed E-state index contributed by atoms with van der Waals surface area (Å²) in [5, 5.41) is 9.55.